The Bertz CT molecular complexity index is 133. The van der Waals surface area contributed by atoms with Crippen LogP contribution in [0.2, 0.25) is 0 Å². The van der Waals surface area contributed by atoms with Crippen molar-refractivity contribution in [1.29, 1.82) is 0 Å². The van der Waals surface area contributed by atoms with Crippen LogP contribution >= 0.6 is 0 Å². The largest absolute Gasteiger partial charge is 0.383 e. The molecule has 0 aliphatic rings. The molecule has 0 bridgehead atoms. The van der Waals surface area contributed by atoms with Crippen LogP contribution in [0.15, 0.2) is 0 Å². The molecule has 0 heterocycles. The van der Waals surface area contributed by atoms with Gasteiger partial charge in [0.2, 0.25) is 0 Å². The van der Waals surface area contributed by atoms with Crippen LogP contribution in [-0.4, -0.2) is 50.3 Å². The van der Waals surface area contributed by atoms with Crippen LogP contribution < -0.4 is 5.32 Å². The predicted octanol–water partition coefficient (Wildman–Crippen LogP) is 1.34. The van der Waals surface area contributed by atoms with Crippen LogP contribution in [-0.2, 0) is 4.74 Å². The summed E-state index contributed by atoms with van der Waals surface area (Å²) in [6.45, 7) is 13.9. The number of methoxy groups -OCH3 is 1. The molecule has 0 aliphatic heterocycles. The average molecular weight is 202 g/mol. The van der Waals surface area contributed by atoms with Crippen LogP contribution in [0.25, 0.3) is 0 Å². The van der Waals surface area contributed by atoms with Crippen LogP contribution in [0.4, 0.5) is 0 Å². The van der Waals surface area contributed by atoms with Gasteiger partial charge in [-0.15, -0.1) is 0 Å². The molecule has 0 saturated carbocycles. The molecule has 1 N–H and O–H groups in total. The third-order valence-corrected chi connectivity index (χ3v) is 2.43. The number of likely N-dealkylation sites (N-methyl/N-ethyl adjacent to an activating group) is 1. The van der Waals surface area contributed by atoms with Gasteiger partial charge in [0.05, 0.1) is 6.61 Å². The number of nitrogens with one attached hydrogen (secondary N) is 1. The third kappa shape index (κ3) is 6.35. The highest BCUT2D eigenvalue weighted by Crippen LogP contribution is 2.01. The molecular weight excluding hydrogens is 176 g/mol. The summed E-state index contributed by atoms with van der Waals surface area (Å²) in [4.78, 5) is 2.41. The molecule has 3 nitrogen and oxygen atoms in total. The Morgan fingerprint density at radius 2 is 1.79 bits per heavy atom. The van der Waals surface area contributed by atoms with Gasteiger partial charge in [-0.1, -0.05) is 13.8 Å². The molecule has 0 amide bonds. The van der Waals surface area contributed by atoms with Crippen molar-refractivity contribution >= 4 is 0 Å². The maximum absolute atomic E-state index is 5.14. The minimum atomic E-state index is 0.0852. The highest BCUT2D eigenvalue weighted by atomic mass is 16.5. The van der Waals surface area contributed by atoms with Gasteiger partial charge in [0.15, 0.2) is 0 Å². The van der Waals surface area contributed by atoms with Gasteiger partial charge in [0.25, 0.3) is 0 Å². The molecule has 0 unspecified atom stereocenters. The number of nitrogens with zero attached hydrogens (tertiary/aromatic N) is 1. The zero-order valence-corrected chi connectivity index (χ0v) is 10.4. The first kappa shape index (κ1) is 13.9. The van der Waals surface area contributed by atoms with E-state index in [1.165, 1.54) is 0 Å². The minimum Gasteiger partial charge on any atom is -0.383 e. The number of ether oxygens (including phenoxy) is 1. The van der Waals surface area contributed by atoms with Gasteiger partial charge in [-0.05, 0) is 26.9 Å². The van der Waals surface area contributed by atoms with Crippen molar-refractivity contribution in [2.75, 3.05) is 39.9 Å². The second kappa shape index (κ2) is 7.21. The van der Waals surface area contributed by atoms with Gasteiger partial charge in [0, 0.05) is 25.7 Å². The molecule has 0 aromatic carbocycles. The molecule has 14 heavy (non-hydrogen) atoms. The fourth-order valence-electron chi connectivity index (χ4n) is 1.50. The summed E-state index contributed by atoms with van der Waals surface area (Å²) in [6.07, 6.45) is 0. The summed E-state index contributed by atoms with van der Waals surface area (Å²) >= 11 is 0. The van der Waals surface area contributed by atoms with Crippen LogP contribution in [0.1, 0.15) is 27.7 Å². The van der Waals surface area contributed by atoms with Gasteiger partial charge in [-0.25, -0.2) is 0 Å². The Morgan fingerprint density at radius 3 is 2.21 bits per heavy atom. The van der Waals surface area contributed by atoms with E-state index < -0.39 is 0 Å². The van der Waals surface area contributed by atoms with Gasteiger partial charge in [0.1, 0.15) is 0 Å². The number of hydrogen-bond acceptors (Lipinski definition) is 3. The topological polar surface area (TPSA) is 24.5 Å². The quantitative estimate of drug-likeness (QED) is 0.643. The molecule has 0 spiro atoms. The average Bonchev–Trinajstić information content (AvgIpc) is 2.12. The van der Waals surface area contributed by atoms with Gasteiger partial charge < -0.3 is 15.0 Å². The lowest BCUT2D eigenvalue weighted by atomic mass is 10.1. The van der Waals surface area contributed by atoms with Crippen molar-refractivity contribution in [3.8, 4) is 0 Å². The third-order valence-electron chi connectivity index (χ3n) is 2.43. The van der Waals surface area contributed by atoms with Gasteiger partial charge in [-0.3, -0.25) is 0 Å². The van der Waals surface area contributed by atoms with Crippen molar-refractivity contribution < 1.29 is 4.74 Å². The summed E-state index contributed by atoms with van der Waals surface area (Å²) in [5.74, 6) is 0. The van der Waals surface area contributed by atoms with E-state index in [1.54, 1.807) is 7.11 Å². The Kier molecular flexibility index (Phi) is 7.15. The first-order chi connectivity index (χ1) is 6.55. The van der Waals surface area contributed by atoms with Crippen molar-refractivity contribution in [2.45, 2.75) is 33.2 Å². The van der Waals surface area contributed by atoms with Crippen LogP contribution in [0.5, 0.6) is 0 Å². The standard InChI is InChI=1S/C11H26N2O/c1-6-13(7-2)9-8-12-11(3,4)10-14-5/h12H,6-10H2,1-5H3. The summed E-state index contributed by atoms with van der Waals surface area (Å²) in [5, 5.41) is 3.49. The van der Waals surface area contributed by atoms with E-state index in [1.807, 2.05) is 0 Å². The van der Waals surface area contributed by atoms with Crippen molar-refractivity contribution in [3.63, 3.8) is 0 Å². The van der Waals surface area contributed by atoms with E-state index >= 15 is 0 Å². The van der Waals surface area contributed by atoms with Crippen molar-refractivity contribution in [3.05, 3.63) is 0 Å². The summed E-state index contributed by atoms with van der Waals surface area (Å²) in [7, 11) is 1.74. The monoisotopic (exact) mass is 202 g/mol. The number of rotatable bonds is 8. The molecule has 0 radical (unpaired) electrons. The smallest absolute Gasteiger partial charge is 0.0639 e. The maximum Gasteiger partial charge on any atom is 0.0639 e. The SMILES string of the molecule is CCN(CC)CCNC(C)(C)COC. The summed E-state index contributed by atoms with van der Waals surface area (Å²) in [5.41, 5.74) is 0.0852. The number of hydrogen-bond donors (Lipinski definition) is 1. The van der Waals surface area contributed by atoms with Crippen molar-refractivity contribution in [2.24, 2.45) is 0 Å². The Labute approximate surface area is 88.8 Å². The molecule has 0 saturated heterocycles. The zero-order valence-electron chi connectivity index (χ0n) is 10.4. The normalized spacial score (nSPS) is 12.4. The lowest BCUT2D eigenvalue weighted by Gasteiger charge is -2.27. The minimum absolute atomic E-state index is 0.0852. The molecule has 0 atom stereocenters. The lowest BCUT2D eigenvalue weighted by molar-refractivity contribution is 0.126. The van der Waals surface area contributed by atoms with Gasteiger partial charge in [-0.2, -0.15) is 0 Å². The van der Waals surface area contributed by atoms with E-state index in [4.69, 9.17) is 4.74 Å². The first-order valence-corrected chi connectivity index (χ1v) is 5.52. The van der Waals surface area contributed by atoms with Crippen molar-refractivity contribution in [1.82, 2.24) is 10.2 Å². The molecule has 0 aliphatic carbocycles. The molecule has 86 valence electrons. The summed E-state index contributed by atoms with van der Waals surface area (Å²) < 4.78 is 5.14. The fraction of sp³-hybridized carbons (Fsp3) is 1.00. The lowest BCUT2D eigenvalue weighted by Crippen LogP contribution is -2.46. The van der Waals surface area contributed by atoms with Gasteiger partial charge >= 0.3 is 0 Å². The van der Waals surface area contributed by atoms with E-state index in [2.05, 4.69) is 37.9 Å². The van der Waals surface area contributed by atoms with E-state index in [-0.39, 0.29) is 5.54 Å². The fourth-order valence-corrected chi connectivity index (χ4v) is 1.50. The first-order valence-electron chi connectivity index (χ1n) is 5.52. The predicted molar refractivity (Wildman–Crippen MR) is 61.7 cm³/mol. The van der Waals surface area contributed by atoms with E-state index in [0.29, 0.717) is 0 Å². The molecular formula is C11H26N2O. The molecule has 0 aromatic heterocycles. The Balaban J connectivity index is 3.60. The molecule has 0 rings (SSSR count). The van der Waals surface area contributed by atoms with Crippen LogP contribution in [0, 0.1) is 0 Å². The molecule has 0 fully saturated rings. The van der Waals surface area contributed by atoms with E-state index in [9.17, 15) is 0 Å². The second-order valence-electron chi connectivity index (χ2n) is 4.27. The molecule has 3 heteroatoms. The van der Waals surface area contributed by atoms with E-state index in [0.717, 1.165) is 32.8 Å². The van der Waals surface area contributed by atoms with Crippen LogP contribution in [0.3, 0.4) is 0 Å². The second-order valence-corrected chi connectivity index (χ2v) is 4.27. The zero-order chi connectivity index (χ0) is 11.0. The summed E-state index contributed by atoms with van der Waals surface area (Å²) in [6, 6.07) is 0. The highest BCUT2D eigenvalue weighted by Gasteiger charge is 2.15. The Hall–Kier alpha value is -0.120. The Morgan fingerprint density at radius 1 is 1.21 bits per heavy atom. The molecule has 0 aromatic rings. The highest BCUT2D eigenvalue weighted by molar-refractivity contribution is 4.77. The maximum atomic E-state index is 5.14.